The molecule has 102 valence electrons. The number of aryl methyl sites for hydroxylation is 1. The molecule has 0 aliphatic heterocycles. The average Bonchev–Trinajstić information content (AvgIpc) is 2.35. The van der Waals surface area contributed by atoms with Crippen molar-refractivity contribution >= 4 is 17.3 Å². The number of carbonyl (C=O) groups is 1. The summed E-state index contributed by atoms with van der Waals surface area (Å²) in [5.41, 5.74) is 1.51. The molecule has 6 heteroatoms. The molecule has 0 aliphatic rings. The van der Waals surface area contributed by atoms with E-state index in [1.165, 1.54) is 12.1 Å². The molecule has 0 radical (unpaired) electrons. The molecule has 0 saturated heterocycles. The third kappa shape index (κ3) is 4.09. The van der Waals surface area contributed by atoms with Crippen molar-refractivity contribution in [2.45, 2.75) is 13.3 Å². The lowest BCUT2D eigenvalue weighted by Crippen LogP contribution is -2.27. The zero-order valence-electron chi connectivity index (χ0n) is 10.7. The normalized spacial score (nSPS) is 9.95. The first-order valence-corrected chi connectivity index (χ1v) is 5.78. The lowest BCUT2D eigenvalue weighted by Gasteiger charge is -2.24. The van der Waals surface area contributed by atoms with Crippen molar-refractivity contribution in [2.75, 3.05) is 18.0 Å². The average molecular weight is 264 g/mol. The highest BCUT2D eigenvalue weighted by atomic mass is 16.6. The molecule has 0 aromatic heterocycles. The van der Waals surface area contributed by atoms with Crippen LogP contribution in [-0.4, -0.2) is 29.1 Å². The number of carboxylic acids is 1. The highest BCUT2D eigenvalue weighted by molar-refractivity contribution is 5.68. The zero-order valence-corrected chi connectivity index (χ0v) is 10.7. The number of rotatable bonds is 7. The second kappa shape index (κ2) is 6.53. The fourth-order valence-electron chi connectivity index (χ4n) is 1.75. The van der Waals surface area contributed by atoms with Gasteiger partial charge in [-0.05, 0) is 12.5 Å². The predicted octanol–water partition coefficient (Wildman–Crippen LogP) is 2.37. The van der Waals surface area contributed by atoms with Gasteiger partial charge in [0, 0.05) is 30.9 Å². The van der Waals surface area contributed by atoms with E-state index in [2.05, 4.69) is 6.58 Å². The standard InChI is InChI=1S/C13H16N2O4/c1-3-7-14(8-6-13(16)17)12-9-11(15(18)19)5-4-10(12)2/h3-5,9H,1,6-8H2,2H3,(H,16,17). The topological polar surface area (TPSA) is 83.7 Å². The van der Waals surface area contributed by atoms with Crippen LogP contribution in [-0.2, 0) is 4.79 Å². The molecule has 19 heavy (non-hydrogen) atoms. The van der Waals surface area contributed by atoms with Gasteiger partial charge >= 0.3 is 5.97 Å². The van der Waals surface area contributed by atoms with Crippen molar-refractivity contribution in [3.63, 3.8) is 0 Å². The molecule has 0 fully saturated rings. The number of hydrogen-bond donors (Lipinski definition) is 1. The molecule has 0 amide bonds. The third-order valence-corrected chi connectivity index (χ3v) is 2.69. The first kappa shape index (κ1) is 14.7. The minimum atomic E-state index is -0.905. The Labute approximate surface area is 111 Å². The molecule has 0 aliphatic carbocycles. The molecule has 1 aromatic rings. The van der Waals surface area contributed by atoms with Gasteiger partial charge in [0.1, 0.15) is 0 Å². The van der Waals surface area contributed by atoms with Gasteiger partial charge in [-0.15, -0.1) is 6.58 Å². The lowest BCUT2D eigenvalue weighted by molar-refractivity contribution is -0.384. The summed E-state index contributed by atoms with van der Waals surface area (Å²) in [5.74, 6) is -0.905. The summed E-state index contributed by atoms with van der Waals surface area (Å²) < 4.78 is 0. The molecular weight excluding hydrogens is 248 g/mol. The van der Waals surface area contributed by atoms with E-state index in [0.29, 0.717) is 12.2 Å². The molecule has 1 N–H and O–H groups in total. The fourth-order valence-corrected chi connectivity index (χ4v) is 1.75. The van der Waals surface area contributed by atoms with Gasteiger partial charge in [0.15, 0.2) is 0 Å². The van der Waals surface area contributed by atoms with Crippen LogP contribution < -0.4 is 4.90 Å². The van der Waals surface area contributed by atoms with E-state index in [-0.39, 0.29) is 18.7 Å². The van der Waals surface area contributed by atoms with Crippen LogP contribution in [0.5, 0.6) is 0 Å². The predicted molar refractivity (Wildman–Crippen MR) is 72.5 cm³/mol. The summed E-state index contributed by atoms with van der Waals surface area (Å²) in [4.78, 5) is 22.7. The summed E-state index contributed by atoms with van der Waals surface area (Å²) in [7, 11) is 0. The third-order valence-electron chi connectivity index (χ3n) is 2.69. The Morgan fingerprint density at radius 2 is 2.26 bits per heavy atom. The number of carboxylic acid groups (broad SMARTS) is 1. The van der Waals surface area contributed by atoms with E-state index in [1.807, 2.05) is 6.92 Å². The van der Waals surface area contributed by atoms with Gasteiger partial charge in [-0.25, -0.2) is 0 Å². The summed E-state index contributed by atoms with van der Waals surface area (Å²) in [6, 6.07) is 4.55. The summed E-state index contributed by atoms with van der Waals surface area (Å²) in [6.45, 7) is 6.17. The van der Waals surface area contributed by atoms with E-state index in [9.17, 15) is 14.9 Å². The summed E-state index contributed by atoms with van der Waals surface area (Å²) >= 11 is 0. The van der Waals surface area contributed by atoms with Gasteiger partial charge in [-0.3, -0.25) is 14.9 Å². The molecular formula is C13H16N2O4. The first-order valence-electron chi connectivity index (χ1n) is 5.78. The maximum absolute atomic E-state index is 10.8. The van der Waals surface area contributed by atoms with Gasteiger partial charge in [-0.2, -0.15) is 0 Å². The van der Waals surface area contributed by atoms with E-state index in [4.69, 9.17) is 5.11 Å². The Hall–Kier alpha value is -2.37. The number of nitro benzene ring substituents is 1. The maximum atomic E-state index is 10.8. The monoisotopic (exact) mass is 264 g/mol. The van der Waals surface area contributed by atoms with Crippen LogP contribution in [0.1, 0.15) is 12.0 Å². The Balaban J connectivity index is 3.05. The molecule has 0 saturated carbocycles. The largest absolute Gasteiger partial charge is 0.481 e. The lowest BCUT2D eigenvalue weighted by atomic mass is 10.1. The number of aliphatic carboxylic acids is 1. The van der Waals surface area contributed by atoms with Crippen molar-refractivity contribution in [1.29, 1.82) is 0 Å². The number of non-ortho nitro benzene ring substituents is 1. The van der Waals surface area contributed by atoms with Gasteiger partial charge in [0.25, 0.3) is 5.69 Å². The van der Waals surface area contributed by atoms with Crippen LogP contribution in [0.2, 0.25) is 0 Å². The molecule has 0 atom stereocenters. The van der Waals surface area contributed by atoms with Crippen molar-refractivity contribution in [1.82, 2.24) is 0 Å². The molecule has 0 unspecified atom stereocenters. The molecule has 6 nitrogen and oxygen atoms in total. The minimum absolute atomic E-state index is 0.00927. The fraction of sp³-hybridized carbons (Fsp3) is 0.308. The second-order valence-electron chi connectivity index (χ2n) is 4.11. The van der Waals surface area contributed by atoms with Crippen LogP contribution in [0.15, 0.2) is 30.9 Å². The van der Waals surface area contributed by atoms with Crippen LogP contribution in [0.3, 0.4) is 0 Å². The Morgan fingerprint density at radius 3 is 2.79 bits per heavy atom. The van der Waals surface area contributed by atoms with Crippen molar-refractivity contribution in [3.8, 4) is 0 Å². The molecule has 0 spiro atoms. The molecule has 0 heterocycles. The maximum Gasteiger partial charge on any atom is 0.305 e. The first-order chi connectivity index (χ1) is 8.95. The Morgan fingerprint density at radius 1 is 1.58 bits per heavy atom. The minimum Gasteiger partial charge on any atom is -0.481 e. The zero-order chi connectivity index (χ0) is 14.4. The number of anilines is 1. The van der Waals surface area contributed by atoms with E-state index < -0.39 is 10.9 Å². The Kier molecular flexibility index (Phi) is 5.05. The number of hydrogen-bond acceptors (Lipinski definition) is 4. The van der Waals surface area contributed by atoms with E-state index >= 15 is 0 Å². The van der Waals surface area contributed by atoms with Crippen LogP contribution >= 0.6 is 0 Å². The van der Waals surface area contributed by atoms with Gasteiger partial charge in [0.05, 0.1) is 11.3 Å². The van der Waals surface area contributed by atoms with Crippen molar-refractivity contribution < 1.29 is 14.8 Å². The highest BCUT2D eigenvalue weighted by Gasteiger charge is 2.14. The van der Waals surface area contributed by atoms with Gasteiger partial charge in [-0.1, -0.05) is 12.1 Å². The molecule has 1 rings (SSSR count). The van der Waals surface area contributed by atoms with Crippen LogP contribution in [0, 0.1) is 17.0 Å². The summed E-state index contributed by atoms with van der Waals surface area (Å²) in [6.07, 6.45) is 1.61. The second-order valence-corrected chi connectivity index (χ2v) is 4.11. The van der Waals surface area contributed by atoms with Crippen LogP contribution in [0.25, 0.3) is 0 Å². The van der Waals surface area contributed by atoms with E-state index in [1.54, 1.807) is 17.0 Å². The smallest absolute Gasteiger partial charge is 0.305 e. The molecule has 0 bridgehead atoms. The molecule has 1 aromatic carbocycles. The SMILES string of the molecule is C=CCN(CCC(=O)O)c1cc([N+](=O)[O-])ccc1C. The summed E-state index contributed by atoms with van der Waals surface area (Å²) in [5, 5.41) is 19.5. The van der Waals surface area contributed by atoms with Gasteiger partial charge < -0.3 is 10.0 Å². The van der Waals surface area contributed by atoms with E-state index in [0.717, 1.165) is 5.56 Å². The highest BCUT2D eigenvalue weighted by Crippen LogP contribution is 2.25. The number of nitro groups is 1. The van der Waals surface area contributed by atoms with Gasteiger partial charge in [0.2, 0.25) is 0 Å². The quantitative estimate of drug-likeness (QED) is 0.464. The van der Waals surface area contributed by atoms with Crippen molar-refractivity contribution in [2.24, 2.45) is 0 Å². The van der Waals surface area contributed by atoms with Crippen molar-refractivity contribution in [3.05, 3.63) is 46.5 Å². The number of benzene rings is 1. The number of nitrogens with zero attached hydrogens (tertiary/aromatic N) is 2. The van der Waals surface area contributed by atoms with Crippen LogP contribution in [0.4, 0.5) is 11.4 Å². The Bertz CT molecular complexity index is 499.